The van der Waals surface area contributed by atoms with Gasteiger partial charge >= 0.3 is 0 Å². The zero-order valence-corrected chi connectivity index (χ0v) is 18.1. The minimum atomic E-state index is 0.0446. The summed E-state index contributed by atoms with van der Waals surface area (Å²) in [5.41, 5.74) is 5.62. The Morgan fingerprint density at radius 2 is 1.73 bits per heavy atom. The van der Waals surface area contributed by atoms with Gasteiger partial charge in [0, 0.05) is 42.8 Å². The van der Waals surface area contributed by atoms with Gasteiger partial charge in [-0.05, 0) is 43.5 Å². The van der Waals surface area contributed by atoms with E-state index in [0.717, 1.165) is 47.4 Å². The van der Waals surface area contributed by atoms with Gasteiger partial charge in [-0.2, -0.15) is 0 Å². The lowest BCUT2D eigenvalue weighted by atomic mass is 10.1. The van der Waals surface area contributed by atoms with Gasteiger partial charge < -0.3 is 15.0 Å². The Bertz CT molecular complexity index is 999. The highest BCUT2D eigenvalue weighted by Gasteiger charge is 2.22. The monoisotopic (exact) mass is 405 g/mol. The molecule has 0 spiro atoms. The van der Waals surface area contributed by atoms with Crippen molar-refractivity contribution >= 4 is 16.8 Å². The first-order chi connectivity index (χ1) is 14.5. The fraction of sp³-hybridized carbons (Fsp3) is 0.400. The third-order valence-electron chi connectivity index (χ3n) is 5.78. The number of morpholine rings is 1. The van der Waals surface area contributed by atoms with E-state index < -0.39 is 0 Å². The second-order valence-corrected chi connectivity index (χ2v) is 8.50. The SMILES string of the molecule is Cc1[nH]c2ccccc2c1CC(=O)NCc1ccc(CN2CC(C)OC(C)C2)cc1. The molecule has 30 heavy (non-hydrogen) atoms. The van der Waals surface area contributed by atoms with Crippen molar-refractivity contribution < 1.29 is 9.53 Å². The molecule has 2 N–H and O–H groups in total. The highest BCUT2D eigenvalue weighted by atomic mass is 16.5. The number of fused-ring (bicyclic) bond motifs is 1. The largest absolute Gasteiger partial charge is 0.373 e. The van der Waals surface area contributed by atoms with Crippen LogP contribution in [0.5, 0.6) is 0 Å². The zero-order valence-electron chi connectivity index (χ0n) is 18.1. The lowest BCUT2D eigenvalue weighted by Gasteiger charge is -2.35. The molecule has 1 aromatic heterocycles. The summed E-state index contributed by atoms with van der Waals surface area (Å²) in [6.07, 6.45) is 0.953. The number of hydrogen-bond donors (Lipinski definition) is 2. The average molecular weight is 406 g/mol. The summed E-state index contributed by atoms with van der Waals surface area (Å²) in [4.78, 5) is 18.3. The fourth-order valence-corrected chi connectivity index (χ4v) is 4.42. The normalized spacial score (nSPS) is 19.8. The Morgan fingerprint density at radius 1 is 1.07 bits per heavy atom. The number of nitrogens with one attached hydrogen (secondary N) is 2. The number of para-hydroxylation sites is 1. The van der Waals surface area contributed by atoms with Crippen LogP contribution in [0.25, 0.3) is 10.9 Å². The van der Waals surface area contributed by atoms with Gasteiger partial charge in [0.1, 0.15) is 0 Å². The van der Waals surface area contributed by atoms with Crippen LogP contribution in [-0.2, 0) is 29.0 Å². The molecule has 3 aromatic rings. The molecule has 2 aromatic carbocycles. The van der Waals surface area contributed by atoms with Crippen LogP contribution in [0.2, 0.25) is 0 Å². The maximum atomic E-state index is 12.5. The van der Waals surface area contributed by atoms with Crippen molar-refractivity contribution in [2.24, 2.45) is 0 Å². The molecule has 0 aliphatic carbocycles. The quantitative estimate of drug-likeness (QED) is 0.653. The highest BCUT2D eigenvalue weighted by molar-refractivity contribution is 5.90. The summed E-state index contributed by atoms with van der Waals surface area (Å²) < 4.78 is 5.81. The number of ether oxygens (including phenoxy) is 1. The van der Waals surface area contributed by atoms with Crippen molar-refractivity contribution in [3.63, 3.8) is 0 Å². The minimum absolute atomic E-state index is 0.0446. The number of nitrogens with zero attached hydrogens (tertiary/aromatic N) is 1. The standard InChI is InChI=1S/C25H31N3O2/c1-17-14-28(15-18(2)30-17)16-21-10-8-20(9-11-21)13-26-25(29)12-23-19(3)27-24-7-5-4-6-22(23)24/h4-11,17-18,27H,12-16H2,1-3H3,(H,26,29). The van der Waals surface area contributed by atoms with Gasteiger partial charge in [-0.1, -0.05) is 42.5 Å². The number of carbonyl (C=O) groups is 1. The molecule has 1 saturated heterocycles. The van der Waals surface area contributed by atoms with Gasteiger partial charge in [0.25, 0.3) is 0 Å². The summed E-state index contributed by atoms with van der Waals surface area (Å²) in [6, 6.07) is 16.7. The van der Waals surface area contributed by atoms with E-state index >= 15 is 0 Å². The van der Waals surface area contributed by atoms with Gasteiger partial charge in [-0.25, -0.2) is 0 Å². The summed E-state index contributed by atoms with van der Waals surface area (Å²) in [6.45, 7) is 9.71. The molecule has 1 aliphatic rings. The van der Waals surface area contributed by atoms with Crippen LogP contribution in [0.1, 0.15) is 36.2 Å². The first-order valence-electron chi connectivity index (χ1n) is 10.8. The smallest absolute Gasteiger partial charge is 0.224 e. The highest BCUT2D eigenvalue weighted by Crippen LogP contribution is 2.22. The Labute approximate surface area is 178 Å². The summed E-state index contributed by atoms with van der Waals surface area (Å²) in [5, 5.41) is 4.19. The lowest BCUT2D eigenvalue weighted by Crippen LogP contribution is -2.44. The van der Waals surface area contributed by atoms with Gasteiger partial charge in [-0.3, -0.25) is 9.69 Å². The number of H-pyrrole nitrogens is 1. The number of hydrogen-bond acceptors (Lipinski definition) is 3. The Balaban J connectivity index is 1.30. The topological polar surface area (TPSA) is 57.4 Å². The van der Waals surface area contributed by atoms with E-state index in [9.17, 15) is 4.79 Å². The summed E-state index contributed by atoms with van der Waals surface area (Å²) >= 11 is 0. The van der Waals surface area contributed by atoms with Crippen molar-refractivity contribution in [1.29, 1.82) is 0 Å². The third kappa shape index (κ3) is 4.91. The number of amides is 1. The van der Waals surface area contributed by atoms with Crippen molar-refractivity contribution in [2.75, 3.05) is 13.1 Å². The molecule has 0 bridgehead atoms. The van der Waals surface area contributed by atoms with E-state index in [1.807, 2.05) is 25.1 Å². The van der Waals surface area contributed by atoms with Crippen molar-refractivity contribution in [3.8, 4) is 0 Å². The van der Waals surface area contributed by atoms with E-state index in [0.29, 0.717) is 13.0 Å². The number of carbonyl (C=O) groups excluding carboxylic acids is 1. The van der Waals surface area contributed by atoms with E-state index in [2.05, 4.69) is 59.4 Å². The van der Waals surface area contributed by atoms with Crippen LogP contribution in [0, 0.1) is 6.92 Å². The fourth-order valence-electron chi connectivity index (χ4n) is 4.42. The molecule has 4 rings (SSSR count). The number of aromatic amines is 1. The van der Waals surface area contributed by atoms with E-state index in [4.69, 9.17) is 4.74 Å². The molecule has 2 unspecified atom stereocenters. The van der Waals surface area contributed by atoms with Crippen molar-refractivity contribution in [3.05, 3.63) is 70.9 Å². The molecular formula is C25H31N3O2. The van der Waals surface area contributed by atoms with Crippen molar-refractivity contribution in [1.82, 2.24) is 15.2 Å². The molecular weight excluding hydrogens is 374 g/mol. The Hall–Kier alpha value is -2.63. The lowest BCUT2D eigenvalue weighted by molar-refractivity contribution is -0.120. The third-order valence-corrected chi connectivity index (χ3v) is 5.78. The van der Waals surface area contributed by atoms with Gasteiger partial charge in [0.15, 0.2) is 0 Å². The molecule has 158 valence electrons. The summed E-state index contributed by atoms with van der Waals surface area (Å²) in [7, 11) is 0. The maximum Gasteiger partial charge on any atom is 0.224 e. The number of aromatic nitrogens is 1. The molecule has 2 atom stereocenters. The number of rotatable bonds is 6. The number of aryl methyl sites for hydroxylation is 1. The Kier molecular flexibility index (Phi) is 6.21. The molecule has 1 amide bonds. The Morgan fingerprint density at radius 3 is 2.47 bits per heavy atom. The molecule has 0 saturated carbocycles. The molecule has 5 nitrogen and oxygen atoms in total. The van der Waals surface area contributed by atoms with Gasteiger partial charge in [0.05, 0.1) is 18.6 Å². The molecule has 5 heteroatoms. The maximum absolute atomic E-state index is 12.5. The first kappa shape index (κ1) is 20.6. The predicted octanol–water partition coefficient (Wildman–Crippen LogP) is 3.94. The zero-order chi connectivity index (χ0) is 21.1. The van der Waals surface area contributed by atoms with E-state index in [1.165, 1.54) is 5.56 Å². The second kappa shape index (κ2) is 9.02. The average Bonchev–Trinajstić information content (AvgIpc) is 3.02. The van der Waals surface area contributed by atoms with Crippen LogP contribution < -0.4 is 5.32 Å². The van der Waals surface area contributed by atoms with Gasteiger partial charge in [0.2, 0.25) is 5.91 Å². The minimum Gasteiger partial charge on any atom is -0.373 e. The van der Waals surface area contributed by atoms with Crippen LogP contribution >= 0.6 is 0 Å². The van der Waals surface area contributed by atoms with Crippen LogP contribution in [-0.4, -0.2) is 41.1 Å². The molecule has 2 heterocycles. The van der Waals surface area contributed by atoms with Crippen molar-refractivity contribution in [2.45, 2.75) is 52.5 Å². The summed E-state index contributed by atoms with van der Waals surface area (Å²) in [5.74, 6) is 0.0446. The van der Waals surface area contributed by atoms with E-state index in [1.54, 1.807) is 0 Å². The van der Waals surface area contributed by atoms with Crippen LogP contribution in [0.4, 0.5) is 0 Å². The first-order valence-corrected chi connectivity index (χ1v) is 10.8. The second-order valence-electron chi connectivity index (χ2n) is 8.50. The van der Waals surface area contributed by atoms with Gasteiger partial charge in [-0.15, -0.1) is 0 Å². The molecule has 1 fully saturated rings. The predicted molar refractivity (Wildman–Crippen MR) is 120 cm³/mol. The van der Waals surface area contributed by atoms with Crippen LogP contribution in [0.3, 0.4) is 0 Å². The van der Waals surface area contributed by atoms with E-state index in [-0.39, 0.29) is 18.1 Å². The van der Waals surface area contributed by atoms with Crippen LogP contribution in [0.15, 0.2) is 48.5 Å². The molecule has 1 aliphatic heterocycles. The molecule has 0 radical (unpaired) electrons. The number of benzene rings is 2.